The molecule has 0 unspecified atom stereocenters. The van der Waals surface area contributed by atoms with Crippen LogP contribution in [-0.2, 0) is 10.0 Å². The highest BCUT2D eigenvalue weighted by Crippen LogP contribution is 2.01. The summed E-state index contributed by atoms with van der Waals surface area (Å²) in [5.74, 6) is 0.0170. The Balaban J connectivity index is 2.52. The number of hydrogen-bond donors (Lipinski definition) is 3. The van der Waals surface area contributed by atoms with Crippen molar-refractivity contribution in [2.75, 3.05) is 31.7 Å². The predicted molar refractivity (Wildman–Crippen MR) is 66.8 cm³/mol. The number of anilines is 1. The molecule has 18 heavy (non-hydrogen) atoms. The van der Waals surface area contributed by atoms with Crippen molar-refractivity contribution in [3.63, 3.8) is 0 Å². The van der Waals surface area contributed by atoms with Crippen LogP contribution in [0.2, 0.25) is 0 Å². The van der Waals surface area contributed by atoms with Crippen LogP contribution in [0.3, 0.4) is 0 Å². The van der Waals surface area contributed by atoms with Gasteiger partial charge in [-0.05, 0) is 19.2 Å². The van der Waals surface area contributed by atoms with Crippen LogP contribution in [-0.4, -0.2) is 50.9 Å². The first-order chi connectivity index (χ1) is 8.48. The lowest BCUT2D eigenvalue weighted by atomic mass is 10.3. The molecular formula is C9H15N5O3S. The van der Waals surface area contributed by atoms with Crippen molar-refractivity contribution in [3.05, 3.63) is 17.8 Å². The molecular weight excluding hydrogens is 258 g/mol. The lowest BCUT2D eigenvalue weighted by molar-refractivity contribution is 0.0957. The van der Waals surface area contributed by atoms with Gasteiger partial charge in [-0.3, -0.25) is 4.79 Å². The maximum absolute atomic E-state index is 11.2. The zero-order chi connectivity index (χ0) is 13.6. The van der Waals surface area contributed by atoms with Gasteiger partial charge in [0.2, 0.25) is 10.0 Å². The van der Waals surface area contributed by atoms with Gasteiger partial charge >= 0.3 is 0 Å². The Kier molecular flexibility index (Phi) is 4.98. The van der Waals surface area contributed by atoms with Crippen LogP contribution in [0.5, 0.6) is 0 Å². The minimum Gasteiger partial charge on any atom is -0.368 e. The van der Waals surface area contributed by atoms with Gasteiger partial charge in [-0.25, -0.2) is 13.1 Å². The van der Waals surface area contributed by atoms with Crippen LogP contribution in [0.1, 0.15) is 10.5 Å². The Morgan fingerprint density at radius 3 is 2.50 bits per heavy atom. The van der Waals surface area contributed by atoms with Crippen LogP contribution < -0.4 is 15.4 Å². The molecule has 0 atom stereocenters. The van der Waals surface area contributed by atoms with E-state index in [1.54, 1.807) is 6.07 Å². The van der Waals surface area contributed by atoms with Gasteiger partial charge in [0.15, 0.2) is 5.69 Å². The molecule has 0 bridgehead atoms. The van der Waals surface area contributed by atoms with Crippen molar-refractivity contribution in [1.29, 1.82) is 0 Å². The molecule has 1 amide bonds. The molecule has 8 nitrogen and oxygen atoms in total. The largest absolute Gasteiger partial charge is 0.368 e. The van der Waals surface area contributed by atoms with E-state index in [0.29, 0.717) is 5.82 Å². The van der Waals surface area contributed by atoms with Gasteiger partial charge in [0.25, 0.3) is 5.91 Å². The number of hydrogen-bond acceptors (Lipinski definition) is 6. The molecule has 0 aliphatic carbocycles. The van der Waals surface area contributed by atoms with E-state index in [4.69, 9.17) is 0 Å². The third-order valence-electron chi connectivity index (χ3n) is 2.11. The minimum atomic E-state index is -3.24. The maximum atomic E-state index is 11.2. The second-order valence-corrected chi connectivity index (χ2v) is 5.38. The molecule has 9 heteroatoms. The molecule has 0 spiro atoms. The number of sulfonamides is 1. The molecule has 1 rings (SSSR count). The SMILES string of the molecule is CNC(=O)c1ccc(NCCS(=O)(=O)NC)nn1. The molecule has 0 saturated heterocycles. The fourth-order valence-corrected chi connectivity index (χ4v) is 1.67. The van der Waals surface area contributed by atoms with Gasteiger partial charge in [-0.2, -0.15) is 0 Å². The van der Waals surface area contributed by atoms with Crippen molar-refractivity contribution in [1.82, 2.24) is 20.2 Å². The predicted octanol–water partition coefficient (Wildman–Crippen LogP) is -1.20. The number of carbonyl (C=O) groups is 1. The molecule has 3 N–H and O–H groups in total. The maximum Gasteiger partial charge on any atom is 0.271 e. The molecule has 0 fully saturated rings. The molecule has 1 aromatic rings. The van der Waals surface area contributed by atoms with Crippen LogP contribution in [0.15, 0.2) is 12.1 Å². The summed E-state index contributed by atoms with van der Waals surface area (Å²) in [5, 5.41) is 12.7. The zero-order valence-corrected chi connectivity index (χ0v) is 10.9. The van der Waals surface area contributed by atoms with E-state index >= 15 is 0 Å². The first kappa shape index (κ1) is 14.3. The average Bonchev–Trinajstić information content (AvgIpc) is 2.38. The summed E-state index contributed by atoms with van der Waals surface area (Å²) in [6.45, 7) is 0.206. The number of rotatable bonds is 6. The molecule has 0 aliphatic rings. The highest BCUT2D eigenvalue weighted by atomic mass is 32.2. The van der Waals surface area contributed by atoms with Crippen molar-refractivity contribution >= 4 is 21.7 Å². The van der Waals surface area contributed by atoms with E-state index < -0.39 is 10.0 Å². The van der Waals surface area contributed by atoms with Crippen molar-refractivity contribution in [3.8, 4) is 0 Å². The minimum absolute atomic E-state index is 0.0671. The number of nitrogens with zero attached hydrogens (tertiary/aromatic N) is 2. The Labute approximate surface area is 105 Å². The fraction of sp³-hybridized carbons (Fsp3) is 0.444. The highest BCUT2D eigenvalue weighted by Gasteiger charge is 2.07. The molecule has 1 aromatic heterocycles. The summed E-state index contributed by atoms with van der Waals surface area (Å²) in [5.41, 5.74) is 0.200. The molecule has 100 valence electrons. The molecule has 0 saturated carbocycles. The van der Waals surface area contributed by atoms with Crippen LogP contribution in [0, 0.1) is 0 Å². The van der Waals surface area contributed by atoms with Crippen molar-refractivity contribution < 1.29 is 13.2 Å². The fourth-order valence-electron chi connectivity index (χ4n) is 1.09. The second kappa shape index (κ2) is 6.26. The Bertz CT molecular complexity index is 499. The average molecular weight is 273 g/mol. The number of amides is 1. The van der Waals surface area contributed by atoms with E-state index in [9.17, 15) is 13.2 Å². The Hall–Kier alpha value is -1.74. The third kappa shape index (κ3) is 4.26. The van der Waals surface area contributed by atoms with Gasteiger partial charge < -0.3 is 10.6 Å². The number of aromatic nitrogens is 2. The first-order valence-corrected chi connectivity index (χ1v) is 6.84. The van der Waals surface area contributed by atoms with Crippen LogP contribution in [0.25, 0.3) is 0 Å². The topological polar surface area (TPSA) is 113 Å². The summed E-state index contributed by atoms with van der Waals surface area (Å²) >= 11 is 0. The van der Waals surface area contributed by atoms with Gasteiger partial charge in [-0.15, -0.1) is 10.2 Å². The standard InChI is InChI=1S/C9H15N5O3S/c1-10-9(15)7-3-4-8(14-13-7)12-5-6-18(16,17)11-2/h3-4,11H,5-6H2,1-2H3,(H,10,15)(H,12,14). The number of nitrogens with one attached hydrogen (secondary N) is 3. The summed E-state index contributed by atoms with van der Waals surface area (Å²) in [6.07, 6.45) is 0. The Morgan fingerprint density at radius 2 is 2.00 bits per heavy atom. The quantitative estimate of drug-likeness (QED) is 0.600. The smallest absolute Gasteiger partial charge is 0.271 e. The van der Waals surface area contributed by atoms with E-state index in [-0.39, 0.29) is 23.9 Å². The van der Waals surface area contributed by atoms with Gasteiger partial charge in [-0.1, -0.05) is 0 Å². The second-order valence-electron chi connectivity index (χ2n) is 3.33. The third-order valence-corrected chi connectivity index (χ3v) is 3.48. The summed E-state index contributed by atoms with van der Waals surface area (Å²) in [4.78, 5) is 11.2. The van der Waals surface area contributed by atoms with Crippen LogP contribution in [0.4, 0.5) is 5.82 Å². The van der Waals surface area contributed by atoms with Crippen LogP contribution >= 0.6 is 0 Å². The van der Waals surface area contributed by atoms with E-state index in [1.807, 2.05) is 0 Å². The Morgan fingerprint density at radius 1 is 1.28 bits per heavy atom. The summed E-state index contributed by atoms with van der Waals surface area (Å²) in [7, 11) is -0.387. The van der Waals surface area contributed by atoms with Gasteiger partial charge in [0.1, 0.15) is 5.82 Å². The molecule has 0 aromatic carbocycles. The lowest BCUT2D eigenvalue weighted by Crippen LogP contribution is -2.26. The van der Waals surface area contributed by atoms with Crippen molar-refractivity contribution in [2.45, 2.75) is 0 Å². The summed E-state index contributed by atoms with van der Waals surface area (Å²) in [6, 6.07) is 3.06. The van der Waals surface area contributed by atoms with Crippen molar-refractivity contribution in [2.24, 2.45) is 0 Å². The van der Waals surface area contributed by atoms with Gasteiger partial charge in [0.05, 0.1) is 5.75 Å². The molecule has 0 aliphatic heterocycles. The van der Waals surface area contributed by atoms with Gasteiger partial charge in [0, 0.05) is 13.6 Å². The van der Waals surface area contributed by atoms with E-state index in [0.717, 1.165) is 0 Å². The molecule has 1 heterocycles. The summed E-state index contributed by atoms with van der Waals surface area (Å²) < 4.78 is 24.5. The first-order valence-electron chi connectivity index (χ1n) is 5.19. The van der Waals surface area contributed by atoms with E-state index in [1.165, 1.54) is 20.2 Å². The normalized spacial score (nSPS) is 11.0. The number of carbonyl (C=O) groups excluding carboxylic acids is 1. The monoisotopic (exact) mass is 273 g/mol. The highest BCUT2D eigenvalue weighted by molar-refractivity contribution is 7.89. The van der Waals surface area contributed by atoms with E-state index in [2.05, 4.69) is 25.6 Å². The zero-order valence-electron chi connectivity index (χ0n) is 10.1. The lowest BCUT2D eigenvalue weighted by Gasteiger charge is -2.05. The molecule has 0 radical (unpaired) electrons.